The molecule has 2 aromatic carbocycles. The van der Waals surface area contributed by atoms with E-state index in [0.29, 0.717) is 10.6 Å². The Bertz CT molecular complexity index is 1170. The number of carbonyl (C=O) groups is 1. The van der Waals surface area contributed by atoms with Crippen LogP contribution in [0.25, 0.3) is 0 Å². The molecule has 0 N–H and O–H groups in total. The highest BCUT2D eigenvalue weighted by atomic mass is 32.1. The van der Waals surface area contributed by atoms with Crippen LogP contribution >= 0.6 is 11.3 Å². The molecule has 30 heavy (non-hydrogen) atoms. The van der Waals surface area contributed by atoms with Gasteiger partial charge in [0.2, 0.25) is 5.91 Å². The lowest BCUT2D eigenvalue weighted by Crippen LogP contribution is -2.35. The maximum atomic E-state index is 13.3. The topological polar surface area (TPSA) is 51.5 Å². The minimum absolute atomic E-state index is 0.157. The van der Waals surface area contributed by atoms with Crippen LogP contribution in [0, 0.1) is 5.82 Å². The molecule has 1 amide bonds. The Hall–Kier alpha value is -3.14. The third kappa shape index (κ3) is 3.58. The SMILES string of the molecule is Cn1c2c(sc1=O)[C@@H](c1ccccc1OC(F)(F)F)CC(=O)N2c1ccc(F)cc1. The minimum atomic E-state index is -4.90. The molecule has 0 radical (unpaired) electrons. The van der Waals surface area contributed by atoms with Gasteiger partial charge in [-0.3, -0.25) is 19.1 Å². The number of anilines is 2. The van der Waals surface area contributed by atoms with E-state index in [-0.39, 0.29) is 22.7 Å². The highest BCUT2D eigenvalue weighted by Gasteiger charge is 2.40. The zero-order valence-corrected chi connectivity index (χ0v) is 16.3. The number of rotatable bonds is 3. The van der Waals surface area contributed by atoms with Crippen LogP contribution in [0.2, 0.25) is 0 Å². The number of halogens is 4. The number of hydrogen-bond acceptors (Lipinski definition) is 4. The Morgan fingerprint density at radius 2 is 1.73 bits per heavy atom. The summed E-state index contributed by atoms with van der Waals surface area (Å²) in [5, 5.41) is 0. The largest absolute Gasteiger partial charge is 0.573 e. The van der Waals surface area contributed by atoms with Crippen LogP contribution in [0.4, 0.5) is 29.1 Å². The minimum Gasteiger partial charge on any atom is -0.405 e. The van der Waals surface area contributed by atoms with Crippen molar-refractivity contribution in [3.8, 4) is 5.75 Å². The second kappa shape index (κ2) is 7.28. The number of fused-ring (bicyclic) bond motifs is 1. The summed E-state index contributed by atoms with van der Waals surface area (Å²) in [6.07, 6.45) is -5.08. The van der Waals surface area contributed by atoms with Gasteiger partial charge >= 0.3 is 11.2 Å². The van der Waals surface area contributed by atoms with Crippen molar-refractivity contribution in [1.29, 1.82) is 0 Å². The predicted molar refractivity (Wildman–Crippen MR) is 103 cm³/mol. The number of para-hydroxylation sites is 1. The fraction of sp³-hybridized carbons (Fsp3) is 0.200. The Balaban J connectivity index is 1.87. The quantitative estimate of drug-likeness (QED) is 0.558. The molecule has 5 nitrogen and oxygen atoms in total. The van der Waals surface area contributed by atoms with E-state index in [0.717, 1.165) is 11.3 Å². The van der Waals surface area contributed by atoms with Crippen molar-refractivity contribution in [2.45, 2.75) is 18.7 Å². The van der Waals surface area contributed by atoms with Gasteiger partial charge in [-0.25, -0.2) is 4.39 Å². The van der Waals surface area contributed by atoms with E-state index in [9.17, 15) is 27.2 Å². The maximum Gasteiger partial charge on any atom is 0.573 e. The van der Waals surface area contributed by atoms with E-state index < -0.39 is 29.8 Å². The van der Waals surface area contributed by atoms with Crippen LogP contribution < -0.4 is 14.5 Å². The third-order valence-corrected chi connectivity index (χ3v) is 5.91. The van der Waals surface area contributed by atoms with Gasteiger partial charge in [0.15, 0.2) is 0 Å². The molecule has 1 aromatic heterocycles. The fourth-order valence-corrected chi connectivity index (χ4v) is 4.60. The standard InChI is InChI=1S/C20H14F4N2O3S/c1-25-18-17(30-19(25)28)14(13-4-2-3-5-15(13)29-20(22,23)24)10-16(27)26(18)12-8-6-11(21)7-9-12/h2-9,14H,10H2,1H3/t14-/m1/s1. The number of aromatic nitrogens is 1. The van der Waals surface area contributed by atoms with Gasteiger partial charge in [-0.1, -0.05) is 29.5 Å². The van der Waals surface area contributed by atoms with E-state index in [1.807, 2.05) is 0 Å². The summed E-state index contributed by atoms with van der Waals surface area (Å²) < 4.78 is 57.3. The molecule has 0 spiro atoms. The summed E-state index contributed by atoms with van der Waals surface area (Å²) in [5.41, 5.74) is 0.513. The number of amides is 1. The van der Waals surface area contributed by atoms with Crippen LogP contribution in [0.15, 0.2) is 53.3 Å². The number of alkyl halides is 3. The molecule has 156 valence electrons. The van der Waals surface area contributed by atoms with Crippen molar-refractivity contribution in [2.24, 2.45) is 7.05 Å². The van der Waals surface area contributed by atoms with Gasteiger partial charge in [-0.05, 0) is 30.3 Å². The first-order valence-corrected chi connectivity index (χ1v) is 9.60. The highest BCUT2D eigenvalue weighted by Crippen LogP contribution is 2.47. The van der Waals surface area contributed by atoms with Gasteiger partial charge < -0.3 is 4.74 Å². The molecule has 0 aliphatic carbocycles. The van der Waals surface area contributed by atoms with Crippen molar-refractivity contribution in [3.63, 3.8) is 0 Å². The van der Waals surface area contributed by atoms with Crippen molar-refractivity contribution in [1.82, 2.24) is 4.57 Å². The smallest absolute Gasteiger partial charge is 0.405 e. The first-order chi connectivity index (χ1) is 14.2. The molecular weight excluding hydrogens is 424 g/mol. The summed E-state index contributed by atoms with van der Waals surface area (Å²) in [5.74, 6) is -1.89. The van der Waals surface area contributed by atoms with E-state index in [1.165, 1.54) is 59.0 Å². The second-order valence-corrected chi connectivity index (χ2v) is 7.66. The Kier molecular flexibility index (Phi) is 4.89. The highest BCUT2D eigenvalue weighted by molar-refractivity contribution is 7.10. The van der Waals surface area contributed by atoms with E-state index in [1.54, 1.807) is 6.07 Å². The molecule has 0 unspecified atom stereocenters. The van der Waals surface area contributed by atoms with E-state index in [4.69, 9.17) is 0 Å². The van der Waals surface area contributed by atoms with Crippen LogP contribution in [0.1, 0.15) is 22.8 Å². The summed E-state index contributed by atoms with van der Waals surface area (Å²) >= 11 is 0.853. The zero-order valence-electron chi connectivity index (χ0n) is 15.4. The van der Waals surface area contributed by atoms with Gasteiger partial charge in [0.05, 0.1) is 10.6 Å². The molecular formula is C20H14F4N2O3S. The molecule has 1 aliphatic rings. The summed E-state index contributed by atoms with van der Waals surface area (Å²) in [7, 11) is 1.47. The lowest BCUT2D eigenvalue weighted by atomic mass is 9.89. The first-order valence-electron chi connectivity index (χ1n) is 8.78. The zero-order chi connectivity index (χ0) is 21.6. The van der Waals surface area contributed by atoms with Crippen molar-refractivity contribution in [2.75, 3.05) is 4.90 Å². The Morgan fingerprint density at radius 1 is 1.07 bits per heavy atom. The maximum absolute atomic E-state index is 13.3. The molecule has 0 fully saturated rings. The lowest BCUT2D eigenvalue weighted by molar-refractivity contribution is -0.274. The van der Waals surface area contributed by atoms with E-state index in [2.05, 4.69) is 4.74 Å². The van der Waals surface area contributed by atoms with Crippen LogP contribution in [-0.2, 0) is 11.8 Å². The number of nitrogens with zero attached hydrogens (tertiary/aromatic N) is 2. The monoisotopic (exact) mass is 438 g/mol. The van der Waals surface area contributed by atoms with Gasteiger partial charge in [-0.2, -0.15) is 0 Å². The predicted octanol–water partition coefficient (Wildman–Crippen LogP) is 4.68. The third-order valence-electron chi connectivity index (χ3n) is 4.77. The first kappa shape index (κ1) is 20.1. The average Bonchev–Trinajstić information content (AvgIpc) is 2.97. The molecule has 0 saturated heterocycles. The number of thiazole rings is 1. The second-order valence-electron chi connectivity index (χ2n) is 6.66. The molecule has 0 saturated carbocycles. The molecule has 3 aromatic rings. The molecule has 4 rings (SSSR count). The molecule has 1 aliphatic heterocycles. The van der Waals surface area contributed by atoms with Gasteiger partial charge in [-0.15, -0.1) is 13.2 Å². The molecule has 0 bridgehead atoms. The fourth-order valence-electron chi connectivity index (χ4n) is 3.52. The van der Waals surface area contributed by atoms with Crippen molar-refractivity contribution in [3.05, 3.63) is 74.5 Å². The summed E-state index contributed by atoms with van der Waals surface area (Å²) in [6.45, 7) is 0. The molecule has 1 atom stereocenters. The number of ether oxygens (including phenoxy) is 1. The summed E-state index contributed by atoms with van der Waals surface area (Å²) in [6, 6.07) is 10.7. The van der Waals surface area contributed by atoms with Gasteiger partial charge in [0.1, 0.15) is 17.4 Å². The molecule has 2 heterocycles. The number of hydrogen-bond donors (Lipinski definition) is 0. The average molecular weight is 438 g/mol. The summed E-state index contributed by atoms with van der Waals surface area (Å²) in [4.78, 5) is 26.8. The Morgan fingerprint density at radius 3 is 2.40 bits per heavy atom. The Labute approximate surface area is 171 Å². The number of carbonyl (C=O) groups excluding carboxylic acids is 1. The molecule has 10 heteroatoms. The van der Waals surface area contributed by atoms with Crippen molar-refractivity contribution >= 4 is 28.7 Å². The normalized spacial score (nSPS) is 16.5. The number of benzene rings is 2. The van der Waals surface area contributed by atoms with Crippen LogP contribution in [0.5, 0.6) is 5.75 Å². The van der Waals surface area contributed by atoms with Crippen LogP contribution in [0.3, 0.4) is 0 Å². The van der Waals surface area contributed by atoms with Crippen LogP contribution in [-0.4, -0.2) is 16.8 Å². The van der Waals surface area contributed by atoms with Gasteiger partial charge in [0.25, 0.3) is 0 Å². The van der Waals surface area contributed by atoms with Gasteiger partial charge in [0, 0.05) is 24.9 Å². The van der Waals surface area contributed by atoms with E-state index >= 15 is 0 Å². The van der Waals surface area contributed by atoms with Crippen molar-refractivity contribution < 1.29 is 27.1 Å². The lowest BCUT2D eigenvalue weighted by Gasteiger charge is -2.32.